The Morgan fingerprint density at radius 3 is 2.40 bits per heavy atom. The van der Waals surface area contributed by atoms with Crippen molar-refractivity contribution in [1.29, 1.82) is 0 Å². The molecule has 0 fully saturated rings. The van der Waals surface area contributed by atoms with E-state index in [4.69, 9.17) is 29.0 Å². The van der Waals surface area contributed by atoms with Crippen LogP contribution in [0.2, 0.25) is 10.0 Å². The van der Waals surface area contributed by atoms with Crippen molar-refractivity contribution in [3.05, 3.63) is 69.0 Å². The summed E-state index contributed by atoms with van der Waals surface area (Å²) in [5.41, 5.74) is 4.73. The average molecular weight is 313 g/mol. The molecule has 5 heteroatoms. The molecule has 0 spiro atoms. The summed E-state index contributed by atoms with van der Waals surface area (Å²) in [5.74, 6) is 5.26. The minimum absolute atomic E-state index is 0.295. The van der Waals surface area contributed by atoms with Gasteiger partial charge in [-0.3, -0.25) is 11.3 Å². The van der Waals surface area contributed by atoms with Gasteiger partial charge in [0.2, 0.25) is 0 Å². The first-order chi connectivity index (χ1) is 9.52. The molecule has 0 bridgehead atoms. The number of hydrazine groups is 1. The van der Waals surface area contributed by atoms with E-state index in [9.17, 15) is 4.39 Å². The molecule has 20 heavy (non-hydrogen) atoms. The average Bonchev–Trinajstić information content (AvgIpc) is 2.40. The molecule has 0 amide bonds. The third-order valence-electron chi connectivity index (χ3n) is 3.20. The van der Waals surface area contributed by atoms with Crippen molar-refractivity contribution < 1.29 is 4.39 Å². The zero-order valence-electron chi connectivity index (χ0n) is 11.0. The van der Waals surface area contributed by atoms with Crippen LogP contribution in [0.4, 0.5) is 4.39 Å². The third-order valence-corrected chi connectivity index (χ3v) is 3.91. The standard InChI is InChI=1S/C15H15Cl2FN2/c1-9-5-6-10(14(18)7-9)15(20-19)8-11-12(16)3-2-4-13(11)17/h2-7,15,20H,8,19H2,1H3. The molecule has 106 valence electrons. The summed E-state index contributed by atoms with van der Waals surface area (Å²) >= 11 is 12.3. The molecule has 1 atom stereocenters. The lowest BCUT2D eigenvalue weighted by Gasteiger charge is -2.19. The number of hydrogen-bond donors (Lipinski definition) is 2. The van der Waals surface area contributed by atoms with Crippen LogP contribution in [-0.4, -0.2) is 0 Å². The lowest BCUT2D eigenvalue weighted by atomic mass is 9.98. The topological polar surface area (TPSA) is 38.0 Å². The van der Waals surface area contributed by atoms with E-state index >= 15 is 0 Å². The van der Waals surface area contributed by atoms with Crippen LogP contribution in [-0.2, 0) is 6.42 Å². The Balaban J connectivity index is 2.34. The molecule has 2 aromatic rings. The summed E-state index contributed by atoms with van der Waals surface area (Å²) in [5, 5.41) is 1.09. The van der Waals surface area contributed by atoms with E-state index in [2.05, 4.69) is 5.43 Å². The van der Waals surface area contributed by atoms with Gasteiger partial charge in [0.15, 0.2) is 0 Å². The summed E-state index contributed by atoms with van der Waals surface area (Å²) in [6, 6.07) is 9.92. The summed E-state index contributed by atoms with van der Waals surface area (Å²) < 4.78 is 14.0. The molecule has 1 unspecified atom stereocenters. The molecule has 0 radical (unpaired) electrons. The zero-order valence-corrected chi connectivity index (χ0v) is 12.5. The van der Waals surface area contributed by atoms with Gasteiger partial charge in [0, 0.05) is 15.6 Å². The van der Waals surface area contributed by atoms with Crippen molar-refractivity contribution in [2.45, 2.75) is 19.4 Å². The third kappa shape index (κ3) is 3.30. The van der Waals surface area contributed by atoms with Crippen LogP contribution in [0.5, 0.6) is 0 Å². The lowest BCUT2D eigenvalue weighted by molar-refractivity contribution is 0.510. The van der Waals surface area contributed by atoms with Gasteiger partial charge in [-0.1, -0.05) is 41.4 Å². The predicted molar refractivity (Wildman–Crippen MR) is 81.4 cm³/mol. The molecule has 0 saturated carbocycles. The van der Waals surface area contributed by atoms with Crippen LogP contribution in [0.3, 0.4) is 0 Å². The van der Waals surface area contributed by atoms with Gasteiger partial charge in [0.1, 0.15) is 5.82 Å². The fraction of sp³-hybridized carbons (Fsp3) is 0.200. The Morgan fingerprint density at radius 1 is 1.20 bits per heavy atom. The van der Waals surface area contributed by atoms with E-state index < -0.39 is 6.04 Å². The number of halogens is 3. The van der Waals surface area contributed by atoms with Gasteiger partial charge in [-0.25, -0.2) is 4.39 Å². The Kier molecular flexibility index (Phi) is 5.00. The fourth-order valence-corrected chi connectivity index (χ4v) is 2.66. The Hall–Kier alpha value is -1.13. The first-order valence-corrected chi connectivity index (χ1v) is 6.93. The Labute approximate surface area is 127 Å². The van der Waals surface area contributed by atoms with Crippen LogP contribution in [0.25, 0.3) is 0 Å². The fourth-order valence-electron chi connectivity index (χ4n) is 2.10. The van der Waals surface area contributed by atoms with E-state index in [1.54, 1.807) is 24.3 Å². The second kappa shape index (κ2) is 6.55. The Bertz CT molecular complexity index is 597. The van der Waals surface area contributed by atoms with Gasteiger partial charge in [-0.15, -0.1) is 0 Å². The SMILES string of the molecule is Cc1ccc(C(Cc2c(Cl)cccc2Cl)NN)c(F)c1. The number of nitrogens with one attached hydrogen (secondary N) is 1. The van der Waals surface area contributed by atoms with Crippen molar-refractivity contribution >= 4 is 23.2 Å². The molecule has 0 aromatic heterocycles. The van der Waals surface area contributed by atoms with E-state index in [1.165, 1.54) is 6.07 Å². The van der Waals surface area contributed by atoms with Crippen LogP contribution >= 0.6 is 23.2 Å². The number of benzene rings is 2. The highest BCUT2D eigenvalue weighted by atomic mass is 35.5. The molecule has 0 aliphatic rings. The smallest absolute Gasteiger partial charge is 0.128 e. The van der Waals surface area contributed by atoms with E-state index in [-0.39, 0.29) is 5.82 Å². The minimum atomic E-state index is -0.395. The monoisotopic (exact) mass is 312 g/mol. The molecule has 0 aliphatic heterocycles. The molecule has 3 N–H and O–H groups in total. The first-order valence-electron chi connectivity index (χ1n) is 6.18. The maximum atomic E-state index is 14.0. The highest BCUT2D eigenvalue weighted by Gasteiger charge is 2.18. The molecule has 2 nitrogen and oxygen atoms in total. The quantitative estimate of drug-likeness (QED) is 0.656. The van der Waals surface area contributed by atoms with Gasteiger partial charge in [-0.2, -0.15) is 0 Å². The molecular weight excluding hydrogens is 298 g/mol. The zero-order chi connectivity index (χ0) is 14.7. The highest BCUT2D eigenvalue weighted by molar-refractivity contribution is 6.36. The van der Waals surface area contributed by atoms with Crippen molar-refractivity contribution in [2.24, 2.45) is 5.84 Å². The summed E-state index contributed by atoms with van der Waals surface area (Å²) in [6.07, 6.45) is 0.412. The largest absolute Gasteiger partial charge is 0.271 e. The van der Waals surface area contributed by atoms with Crippen LogP contribution in [0.15, 0.2) is 36.4 Å². The van der Waals surface area contributed by atoms with Gasteiger partial charge in [0.25, 0.3) is 0 Å². The molecule has 2 rings (SSSR count). The molecule has 2 aromatic carbocycles. The second-order valence-electron chi connectivity index (χ2n) is 4.65. The van der Waals surface area contributed by atoms with E-state index in [0.29, 0.717) is 22.0 Å². The normalized spacial score (nSPS) is 12.4. The Morgan fingerprint density at radius 2 is 1.85 bits per heavy atom. The number of rotatable bonds is 4. The number of hydrogen-bond acceptors (Lipinski definition) is 2. The van der Waals surface area contributed by atoms with Crippen molar-refractivity contribution in [3.8, 4) is 0 Å². The lowest BCUT2D eigenvalue weighted by Crippen LogP contribution is -2.30. The van der Waals surface area contributed by atoms with Crippen molar-refractivity contribution in [1.82, 2.24) is 5.43 Å². The molecule has 0 aliphatic carbocycles. The predicted octanol–water partition coefficient (Wildman–Crippen LogP) is 4.19. The van der Waals surface area contributed by atoms with Gasteiger partial charge in [-0.05, 0) is 42.7 Å². The molecular formula is C15H15Cl2FN2. The van der Waals surface area contributed by atoms with Gasteiger partial charge in [0.05, 0.1) is 6.04 Å². The molecule has 0 saturated heterocycles. The van der Waals surface area contributed by atoms with Crippen LogP contribution in [0, 0.1) is 12.7 Å². The van der Waals surface area contributed by atoms with Gasteiger partial charge < -0.3 is 0 Å². The van der Waals surface area contributed by atoms with E-state index in [0.717, 1.165) is 11.1 Å². The summed E-state index contributed by atoms with van der Waals surface area (Å²) in [4.78, 5) is 0. The summed E-state index contributed by atoms with van der Waals surface area (Å²) in [6.45, 7) is 1.84. The molecule has 0 heterocycles. The van der Waals surface area contributed by atoms with Crippen molar-refractivity contribution in [2.75, 3.05) is 0 Å². The minimum Gasteiger partial charge on any atom is -0.271 e. The summed E-state index contributed by atoms with van der Waals surface area (Å²) in [7, 11) is 0. The van der Waals surface area contributed by atoms with Crippen molar-refractivity contribution in [3.63, 3.8) is 0 Å². The van der Waals surface area contributed by atoms with Crippen LogP contribution < -0.4 is 11.3 Å². The number of aryl methyl sites for hydroxylation is 1. The van der Waals surface area contributed by atoms with E-state index in [1.807, 2.05) is 13.0 Å². The van der Waals surface area contributed by atoms with Gasteiger partial charge >= 0.3 is 0 Å². The van der Waals surface area contributed by atoms with Crippen LogP contribution in [0.1, 0.15) is 22.7 Å². The maximum absolute atomic E-state index is 14.0. The highest BCUT2D eigenvalue weighted by Crippen LogP contribution is 2.30. The number of nitrogens with two attached hydrogens (primary N) is 1. The first kappa shape index (κ1) is 15.3. The second-order valence-corrected chi connectivity index (χ2v) is 5.46. The maximum Gasteiger partial charge on any atom is 0.128 e.